The van der Waals surface area contributed by atoms with Gasteiger partial charge in [-0.3, -0.25) is 4.99 Å². The van der Waals surface area contributed by atoms with Crippen LogP contribution >= 0.6 is 0 Å². The molecule has 21 heavy (non-hydrogen) atoms. The van der Waals surface area contributed by atoms with E-state index in [0.717, 1.165) is 16.8 Å². The number of fused-ring (bicyclic) bond motifs is 1. The molecule has 0 aliphatic carbocycles. The van der Waals surface area contributed by atoms with Gasteiger partial charge in [-0.15, -0.1) is 0 Å². The summed E-state index contributed by atoms with van der Waals surface area (Å²) in [6, 6.07) is 13.8. The minimum atomic E-state index is 0.685. The molecule has 3 aromatic rings. The fourth-order valence-corrected chi connectivity index (χ4v) is 2.27. The summed E-state index contributed by atoms with van der Waals surface area (Å²) in [5.74, 6) is 1.38. The van der Waals surface area contributed by atoms with Crippen LogP contribution in [0.1, 0.15) is 5.56 Å². The van der Waals surface area contributed by atoms with Crippen molar-refractivity contribution >= 4 is 22.8 Å². The topological polar surface area (TPSA) is 46.6 Å². The lowest BCUT2D eigenvalue weighted by atomic mass is 10.2. The molecule has 4 heteroatoms. The van der Waals surface area contributed by atoms with Crippen LogP contribution in [0, 0.1) is 0 Å². The van der Waals surface area contributed by atoms with E-state index in [-0.39, 0.29) is 0 Å². The van der Waals surface area contributed by atoms with E-state index in [1.165, 1.54) is 5.39 Å². The Morgan fingerprint density at radius 3 is 2.76 bits per heavy atom. The third-order valence-electron chi connectivity index (χ3n) is 3.32. The molecule has 0 aliphatic heterocycles. The number of aliphatic imine (C=N–C) groups is 1. The van der Waals surface area contributed by atoms with Crippen molar-refractivity contribution in [1.29, 1.82) is 0 Å². The Labute approximate surface area is 123 Å². The van der Waals surface area contributed by atoms with Crippen LogP contribution in [0.4, 0.5) is 5.69 Å². The number of benzene rings is 2. The molecule has 4 nitrogen and oxygen atoms in total. The van der Waals surface area contributed by atoms with Crippen molar-refractivity contribution in [2.75, 3.05) is 14.2 Å². The van der Waals surface area contributed by atoms with Crippen molar-refractivity contribution in [1.82, 2.24) is 4.98 Å². The number of para-hydroxylation sites is 1. The number of aromatic amines is 1. The molecule has 0 unspecified atom stereocenters. The summed E-state index contributed by atoms with van der Waals surface area (Å²) >= 11 is 0. The van der Waals surface area contributed by atoms with E-state index in [0.29, 0.717) is 11.5 Å². The van der Waals surface area contributed by atoms with Crippen LogP contribution in [0.5, 0.6) is 11.5 Å². The van der Waals surface area contributed by atoms with Crippen molar-refractivity contribution in [3.05, 3.63) is 54.2 Å². The zero-order valence-corrected chi connectivity index (χ0v) is 12.0. The molecule has 106 valence electrons. The number of rotatable bonds is 4. The summed E-state index contributed by atoms with van der Waals surface area (Å²) in [6.07, 6.45) is 3.70. The second-order valence-corrected chi connectivity index (χ2v) is 4.59. The number of hydrogen-bond acceptors (Lipinski definition) is 3. The number of H-pyrrole nitrogens is 1. The molecule has 0 aliphatic rings. The number of aromatic nitrogens is 1. The molecule has 0 bridgehead atoms. The molecular weight excluding hydrogens is 264 g/mol. The molecule has 0 fully saturated rings. The molecule has 2 aromatic carbocycles. The number of nitrogens with one attached hydrogen (secondary N) is 1. The van der Waals surface area contributed by atoms with Gasteiger partial charge >= 0.3 is 0 Å². The first-order chi connectivity index (χ1) is 10.3. The zero-order valence-electron chi connectivity index (χ0n) is 12.0. The molecule has 3 rings (SSSR count). The molecule has 0 saturated carbocycles. The third kappa shape index (κ3) is 2.60. The van der Waals surface area contributed by atoms with Gasteiger partial charge in [0.2, 0.25) is 0 Å². The lowest BCUT2D eigenvalue weighted by Gasteiger charge is -2.09. The van der Waals surface area contributed by atoms with Crippen LogP contribution in [0.3, 0.4) is 0 Å². The van der Waals surface area contributed by atoms with Crippen molar-refractivity contribution < 1.29 is 9.47 Å². The van der Waals surface area contributed by atoms with Crippen molar-refractivity contribution in [2.45, 2.75) is 0 Å². The summed E-state index contributed by atoms with van der Waals surface area (Å²) in [5.41, 5.74) is 2.83. The van der Waals surface area contributed by atoms with Crippen LogP contribution in [0.2, 0.25) is 0 Å². The predicted molar refractivity (Wildman–Crippen MR) is 85.1 cm³/mol. The summed E-state index contributed by atoms with van der Waals surface area (Å²) < 4.78 is 10.7. The molecule has 1 heterocycles. The monoisotopic (exact) mass is 280 g/mol. The van der Waals surface area contributed by atoms with Crippen LogP contribution in [-0.4, -0.2) is 25.4 Å². The van der Waals surface area contributed by atoms with Gasteiger partial charge in [-0.05, 0) is 35.7 Å². The summed E-state index contributed by atoms with van der Waals surface area (Å²) in [7, 11) is 3.25. The Morgan fingerprint density at radius 2 is 1.95 bits per heavy atom. The smallest absolute Gasteiger partial charge is 0.169 e. The van der Waals surface area contributed by atoms with Gasteiger partial charge in [-0.2, -0.15) is 0 Å². The number of nitrogens with zero attached hydrogens (tertiary/aromatic N) is 1. The highest BCUT2D eigenvalue weighted by Gasteiger charge is 2.07. The van der Waals surface area contributed by atoms with Crippen molar-refractivity contribution in [2.24, 2.45) is 4.99 Å². The van der Waals surface area contributed by atoms with E-state index >= 15 is 0 Å². The molecule has 0 radical (unpaired) electrons. The van der Waals surface area contributed by atoms with Crippen molar-refractivity contribution in [3.63, 3.8) is 0 Å². The average molecular weight is 280 g/mol. The van der Waals surface area contributed by atoms with Crippen LogP contribution in [0.15, 0.2) is 53.7 Å². The number of methoxy groups -OCH3 is 2. The quantitative estimate of drug-likeness (QED) is 0.736. The number of hydrogen-bond donors (Lipinski definition) is 1. The molecule has 0 atom stereocenters. The fraction of sp³-hybridized carbons (Fsp3) is 0.118. The Morgan fingerprint density at radius 1 is 1.05 bits per heavy atom. The first kappa shape index (κ1) is 13.2. The van der Waals surface area contributed by atoms with Gasteiger partial charge in [0.25, 0.3) is 0 Å². The first-order valence-electron chi connectivity index (χ1n) is 6.64. The van der Waals surface area contributed by atoms with Gasteiger partial charge in [0.15, 0.2) is 11.5 Å². The van der Waals surface area contributed by atoms with E-state index < -0.39 is 0 Å². The van der Waals surface area contributed by atoms with Gasteiger partial charge in [0, 0.05) is 23.5 Å². The zero-order chi connectivity index (χ0) is 14.7. The normalized spacial score (nSPS) is 11.1. The maximum absolute atomic E-state index is 5.39. The van der Waals surface area contributed by atoms with Crippen LogP contribution < -0.4 is 9.47 Å². The van der Waals surface area contributed by atoms with Crippen molar-refractivity contribution in [3.8, 4) is 11.5 Å². The molecule has 0 saturated heterocycles. The minimum Gasteiger partial charge on any atom is -0.493 e. The molecule has 1 N–H and O–H groups in total. The van der Waals surface area contributed by atoms with Crippen LogP contribution in [0.25, 0.3) is 10.9 Å². The Hall–Kier alpha value is -2.75. The second-order valence-electron chi connectivity index (χ2n) is 4.59. The highest BCUT2D eigenvalue weighted by molar-refractivity contribution is 5.88. The highest BCUT2D eigenvalue weighted by Crippen LogP contribution is 2.30. The van der Waals surface area contributed by atoms with E-state index in [1.54, 1.807) is 20.4 Å². The Kier molecular flexibility index (Phi) is 3.60. The lowest BCUT2D eigenvalue weighted by molar-refractivity contribution is 0.354. The predicted octanol–water partition coefficient (Wildman–Crippen LogP) is 3.94. The molecule has 0 amide bonds. The lowest BCUT2D eigenvalue weighted by Crippen LogP contribution is -1.94. The highest BCUT2D eigenvalue weighted by atomic mass is 16.5. The summed E-state index contributed by atoms with van der Waals surface area (Å²) in [6.45, 7) is 0. The average Bonchev–Trinajstić information content (AvgIpc) is 2.99. The fourth-order valence-electron chi connectivity index (χ4n) is 2.27. The second kappa shape index (κ2) is 5.71. The van der Waals surface area contributed by atoms with Gasteiger partial charge < -0.3 is 14.5 Å². The molecular formula is C17H16N2O2. The molecule has 1 aromatic heterocycles. The largest absolute Gasteiger partial charge is 0.493 e. The standard InChI is InChI=1S/C17H16N2O2/c1-20-16-5-3-4-13(17(16)21-2)11-19-14-7-6-12-8-9-18-15(12)10-14/h3-11,18H,1-2H3. The van der Waals surface area contributed by atoms with Crippen LogP contribution in [-0.2, 0) is 0 Å². The maximum Gasteiger partial charge on any atom is 0.169 e. The van der Waals surface area contributed by atoms with E-state index in [2.05, 4.69) is 9.98 Å². The summed E-state index contributed by atoms with van der Waals surface area (Å²) in [4.78, 5) is 7.69. The maximum atomic E-state index is 5.39. The van der Waals surface area contributed by atoms with E-state index in [9.17, 15) is 0 Å². The molecule has 0 spiro atoms. The van der Waals surface area contributed by atoms with Gasteiger partial charge in [-0.25, -0.2) is 0 Å². The third-order valence-corrected chi connectivity index (χ3v) is 3.32. The number of ether oxygens (including phenoxy) is 2. The van der Waals surface area contributed by atoms with E-state index in [4.69, 9.17) is 9.47 Å². The van der Waals surface area contributed by atoms with Gasteiger partial charge in [0.05, 0.1) is 19.9 Å². The van der Waals surface area contributed by atoms with E-state index in [1.807, 2.05) is 48.7 Å². The van der Waals surface area contributed by atoms with Gasteiger partial charge in [-0.1, -0.05) is 12.1 Å². The summed E-state index contributed by atoms with van der Waals surface area (Å²) in [5, 5.41) is 1.17. The van der Waals surface area contributed by atoms with Gasteiger partial charge in [0.1, 0.15) is 0 Å². The Balaban J connectivity index is 1.95. The SMILES string of the molecule is COc1cccc(C=Nc2ccc3cc[nH]c3c2)c1OC. The Bertz CT molecular complexity index is 790. The minimum absolute atomic E-state index is 0.685. The first-order valence-corrected chi connectivity index (χ1v) is 6.64.